The van der Waals surface area contributed by atoms with Crippen molar-refractivity contribution in [2.75, 3.05) is 49.6 Å². The Labute approximate surface area is 238 Å². The Kier molecular flexibility index (Phi) is 8.14. The molecule has 3 N–H and O–H groups in total. The molecule has 2 saturated heterocycles. The number of anilines is 2. The molecule has 7 nitrogen and oxygen atoms in total. The van der Waals surface area contributed by atoms with E-state index in [-0.39, 0.29) is 5.91 Å². The number of H-pyrrole nitrogens is 1. The van der Waals surface area contributed by atoms with E-state index in [2.05, 4.69) is 37.9 Å². The second-order valence-corrected chi connectivity index (χ2v) is 13.8. The zero-order valence-corrected chi connectivity index (χ0v) is 24.2. The van der Waals surface area contributed by atoms with Crippen LogP contribution in [-0.4, -0.2) is 71.2 Å². The number of carbonyl (C=O) groups excluding carboxylic acids is 1. The van der Waals surface area contributed by atoms with E-state index in [1.807, 2.05) is 24.3 Å². The number of hydrogen-bond donors (Lipinski definition) is 3. The average molecular weight is 608 g/mol. The number of halogens is 2. The zero-order valence-electron chi connectivity index (χ0n) is 22.1. The fourth-order valence-electron chi connectivity index (χ4n) is 5.42. The molecule has 1 unspecified atom stereocenters. The minimum atomic E-state index is -0.602. The number of carbonyl (C=O) groups is 1. The van der Waals surface area contributed by atoms with Gasteiger partial charge in [-0.05, 0) is 0 Å². The van der Waals surface area contributed by atoms with Gasteiger partial charge in [0.05, 0.1) is 0 Å². The first kappa shape index (κ1) is 26.9. The Morgan fingerprint density at radius 3 is 2.55 bits per heavy atom. The third-order valence-corrected chi connectivity index (χ3v) is 11.1. The molecule has 0 saturated carbocycles. The van der Waals surface area contributed by atoms with Gasteiger partial charge in [-0.1, -0.05) is 0 Å². The summed E-state index contributed by atoms with van der Waals surface area (Å²) in [5, 5.41) is 14.5. The van der Waals surface area contributed by atoms with Gasteiger partial charge < -0.3 is 0 Å². The Morgan fingerprint density at radius 2 is 1.77 bits per heavy atom. The monoisotopic (exact) mass is 607 g/mol. The standard InChI is InChI=1S/C30H32AsF2N5O2/c32-22-14-20(15-23(33)17-22)13-19-1-4-28-26(16-19)29(37-36-28)35-30(39)25-3-2-24(38-9-7-34-8-10-38)18-27(25)31-21-5-11-40-12-6-21/h1-4,14-18,21,31,34H,5-13H2,(H2,35,36,37,39). The van der Waals surface area contributed by atoms with Crippen molar-refractivity contribution in [3.8, 4) is 0 Å². The number of nitrogens with one attached hydrogen (secondary N) is 3. The van der Waals surface area contributed by atoms with Gasteiger partial charge >= 0.3 is 224 Å². The summed E-state index contributed by atoms with van der Waals surface area (Å²) in [7, 11) is 0. The van der Waals surface area contributed by atoms with Crippen LogP contribution in [0.5, 0.6) is 0 Å². The van der Waals surface area contributed by atoms with Crippen LogP contribution in [0.1, 0.15) is 34.3 Å². The number of hydrogen-bond acceptors (Lipinski definition) is 5. The second kappa shape index (κ2) is 12.1. The van der Waals surface area contributed by atoms with Gasteiger partial charge in [-0.2, -0.15) is 0 Å². The normalized spacial score (nSPS) is 16.7. The van der Waals surface area contributed by atoms with E-state index < -0.39 is 27.4 Å². The van der Waals surface area contributed by atoms with E-state index in [0.717, 1.165) is 79.1 Å². The quantitative estimate of drug-likeness (QED) is 0.279. The maximum atomic E-state index is 13.7. The molecule has 1 aromatic heterocycles. The molecule has 0 bridgehead atoms. The van der Waals surface area contributed by atoms with Gasteiger partial charge in [0.25, 0.3) is 0 Å². The van der Waals surface area contributed by atoms with E-state index in [0.29, 0.717) is 28.1 Å². The number of aromatic amines is 1. The molecule has 1 amide bonds. The molecule has 0 aliphatic carbocycles. The molecule has 2 aliphatic heterocycles. The van der Waals surface area contributed by atoms with Crippen molar-refractivity contribution in [3.05, 3.63) is 82.9 Å². The third-order valence-electron chi connectivity index (χ3n) is 7.50. The molecule has 4 aromatic rings. The molecule has 3 heterocycles. The number of aromatic nitrogens is 2. The van der Waals surface area contributed by atoms with Crippen LogP contribution in [-0.2, 0) is 11.2 Å². The predicted octanol–water partition coefficient (Wildman–Crippen LogP) is 3.75. The van der Waals surface area contributed by atoms with Crippen molar-refractivity contribution in [2.45, 2.75) is 24.0 Å². The number of amides is 1. The van der Waals surface area contributed by atoms with Crippen molar-refractivity contribution in [1.82, 2.24) is 15.5 Å². The van der Waals surface area contributed by atoms with E-state index in [4.69, 9.17) is 4.74 Å². The third kappa shape index (κ3) is 6.22. The van der Waals surface area contributed by atoms with Gasteiger partial charge in [0.1, 0.15) is 0 Å². The van der Waals surface area contributed by atoms with E-state index in [9.17, 15) is 13.6 Å². The Hall–Kier alpha value is -3.26. The molecule has 10 heteroatoms. The Bertz CT molecular complexity index is 1500. The topological polar surface area (TPSA) is 82.3 Å². The number of ether oxygens (including phenoxy) is 1. The zero-order chi connectivity index (χ0) is 27.5. The van der Waals surface area contributed by atoms with Crippen molar-refractivity contribution in [1.29, 1.82) is 0 Å². The maximum absolute atomic E-state index is 13.7. The van der Waals surface area contributed by atoms with Gasteiger partial charge in [0, 0.05) is 6.07 Å². The van der Waals surface area contributed by atoms with Crippen molar-refractivity contribution < 1.29 is 18.3 Å². The fourth-order valence-corrected chi connectivity index (χ4v) is 8.67. The van der Waals surface area contributed by atoms with Crippen LogP contribution < -0.4 is 19.9 Å². The molecular weight excluding hydrogens is 575 g/mol. The average Bonchev–Trinajstić information content (AvgIpc) is 3.35. The Morgan fingerprint density at radius 1 is 1.00 bits per heavy atom. The summed E-state index contributed by atoms with van der Waals surface area (Å²) in [6, 6.07) is 15.4. The van der Waals surface area contributed by atoms with Crippen LogP contribution in [0.2, 0.25) is 4.71 Å². The molecule has 0 radical (unpaired) electrons. The van der Waals surface area contributed by atoms with Crippen LogP contribution in [0.3, 0.4) is 0 Å². The van der Waals surface area contributed by atoms with Crippen LogP contribution >= 0.6 is 0 Å². The molecule has 40 heavy (non-hydrogen) atoms. The summed E-state index contributed by atoms with van der Waals surface area (Å²) in [5.74, 6) is -0.940. The van der Waals surface area contributed by atoms with Gasteiger partial charge in [-0.3, -0.25) is 0 Å². The number of benzene rings is 3. The summed E-state index contributed by atoms with van der Waals surface area (Å²) in [6.07, 6.45) is 2.44. The van der Waals surface area contributed by atoms with Crippen LogP contribution in [0.4, 0.5) is 20.3 Å². The molecule has 3 aromatic carbocycles. The van der Waals surface area contributed by atoms with Gasteiger partial charge in [-0.25, -0.2) is 8.78 Å². The summed E-state index contributed by atoms with van der Waals surface area (Å²) < 4.78 is 34.7. The molecule has 2 fully saturated rings. The summed E-state index contributed by atoms with van der Waals surface area (Å²) in [4.78, 5) is 16.1. The number of piperazine rings is 1. The fraction of sp³-hybridized carbons (Fsp3) is 0.333. The Balaban J connectivity index is 1.26. The summed E-state index contributed by atoms with van der Waals surface area (Å²) in [5.41, 5.74) is 4.05. The summed E-state index contributed by atoms with van der Waals surface area (Å²) in [6.45, 7) is 5.39. The first-order chi connectivity index (χ1) is 19.5. The van der Waals surface area contributed by atoms with Crippen LogP contribution in [0.25, 0.3) is 10.9 Å². The van der Waals surface area contributed by atoms with Gasteiger partial charge in [0.15, 0.2) is 0 Å². The van der Waals surface area contributed by atoms with Crippen molar-refractivity contribution in [3.63, 3.8) is 0 Å². The van der Waals surface area contributed by atoms with Crippen LogP contribution in [0, 0.1) is 11.6 Å². The number of fused-ring (bicyclic) bond motifs is 1. The van der Waals surface area contributed by atoms with Crippen molar-refractivity contribution in [2.24, 2.45) is 0 Å². The van der Waals surface area contributed by atoms with Crippen molar-refractivity contribution >= 4 is 48.4 Å². The first-order valence-electron chi connectivity index (χ1n) is 13.7. The molecule has 208 valence electrons. The SMILES string of the molecule is O=C(Nc1n[nH]c2ccc(Cc3cc(F)cc(F)c3)cc12)c1ccc(N2CCNCC2)cc1[AsH]C1CCOCC1. The van der Waals surface area contributed by atoms with E-state index >= 15 is 0 Å². The number of rotatable bonds is 7. The molecule has 0 spiro atoms. The number of nitrogens with zero attached hydrogens (tertiary/aromatic N) is 2. The molecule has 6 rings (SSSR count). The van der Waals surface area contributed by atoms with Gasteiger partial charge in [0.2, 0.25) is 0 Å². The van der Waals surface area contributed by atoms with E-state index in [1.165, 1.54) is 17.8 Å². The summed E-state index contributed by atoms with van der Waals surface area (Å²) >= 11 is -0.568. The molecular formula is C30H32AsF2N5O2. The van der Waals surface area contributed by atoms with E-state index in [1.54, 1.807) is 0 Å². The van der Waals surface area contributed by atoms with Gasteiger partial charge in [-0.15, -0.1) is 0 Å². The molecule has 1 atom stereocenters. The molecule has 2 aliphatic rings. The minimum absolute atomic E-state index is 0.177. The second-order valence-electron chi connectivity index (χ2n) is 10.4. The van der Waals surface area contributed by atoms with Crippen LogP contribution in [0.15, 0.2) is 54.6 Å². The predicted molar refractivity (Wildman–Crippen MR) is 155 cm³/mol. The first-order valence-corrected chi connectivity index (χ1v) is 16.0.